The van der Waals surface area contributed by atoms with Crippen molar-refractivity contribution in [2.75, 3.05) is 102 Å². The number of benzene rings is 2. The predicted molar refractivity (Wildman–Crippen MR) is 429 cm³/mol. The first-order chi connectivity index (χ1) is 51.9. The molecule has 2 aliphatic rings. The van der Waals surface area contributed by atoms with Gasteiger partial charge in [0.25, 0.3) is 0 Å². The maximum atomic E-state index is 15.0. The van der Waals surface area contributed by atoms with Gasteiger partial charge in [0.1, 0.15) is 11.6 Å². The number of hydrogen-bond donors (Lipinski definition) is 5. The minimum atomic E-state index is -0.979. The van der Waals surface area contributed by atoms with Crippen molar-refractivity contribution in [3.05, 3.63) is 82.3 Å². The van der Waals surface area contributed by atoms with Crippen LogP contribution in [0.3, 0.4) is 0 Å². The summed E-state index contributed by atoms with van der Waals surface area (Å²) in [5, 5.41) is 14.1. The highest BCUT2D eigenvalue weighted by molar-refractivity contribution is 8.00. The molecule has 0 aliphatic carbocycles. The number of nitrogens with two attached hydrogens (primary N) is 1. The van der Waals surface area contributed by atoms with Crippen molar-refractivity contribution in [3.63, 3.8) is 0 Å². The molecule has 0 saturated carbocycles. The molecule has 0 spiro atoms. The number of nitrogens with one attached hydrogen (secondary N) is 4. The van der Waals surface area contributed by atoms with E-state index < -0.39 is 84.0 Å². The lowest BCUT2D eigenvalue weighted by Gasteiger charge is -2.42. The Balaban J connectivity index is 1.17. The number of Topliss-reactive ketones (excluding diaryl/α,β-unsaturated/α-hetero) is 2. The van der Waals surface area contributed by atoms with Gasteiger partial charge in [-0.1, -0.05) is 111 Å². The first kappa shape index (κ1) is 92.3. The van der Waals surface area contributed by atoms with E-state index in [9.17, 15) is 57.5 Å². The lowest BCUT2D eigenvalue weighted by molar-refractivity contribution is -0.158. The minimum Gasteiger partial charge on any atom is -0.445 e. The molecule has 11 amide bonds. The standard InChI is InChI=1S/C78H120N12O15S4/c1-16-52(8)71(63(103-12)43-68(97)90-35-21-25-60(90)72(104-13)53(9)73(98)83-59(75-80-34-39-109-75)40-54-22-18-17-19-23-54)85(10)76(100)58(49(2)3)42-62(92)70(51(6)7)86(11)78(102)105-44-55-26-28-57(29-27-55)82-74(99)56(24-20-33-81-77(79)101)41-61(91)69(50(4)5)84-64(93)45-108-38-32-67(96)89-47-87(65(94)30-36-106-14)46-88(48-89)66(95)31-37-107-15/h17-19,22-23,26-29,34,39,49-53,56,58-60,63,69-72H,16,20-21,24-25,30-33,35-38,40-48H2,1-15H3,(H,82,99)(H,83,98)(H,84,93)(H3,79,81,101)/t52-,53+,56+,58-,59-,60-,63+,69-,70-,71-,72+/m0/s1. The largest absolute Gasteiger partial charge is 0.445 e. The van der Waals surface area contributed by atoms with Crippen LogP contribution in [0, 0.1) is 41.4 Å². The third-order valence-corrected chi connectivity index (χ3v) is 23.5. The van der Waals surface area contributed by atoms with E-state index in [4.69, 9.17) is 19.9 Å². The number of carbonyl (C=O) groups excluding carboxylic acids is 12. The van der Waals surface area contributed by atoms with E-state index in [1.54, 1.807) is 68.3 Å². The van der Waals surface area contributed by atoms with Gasteiger partial charge in [0.2, 0.25) is 47.3 Å². The Morgan fingerprint density at radius 3 is 1.84 bits per heavy atom. The van der Waals surface area contributed by atoms with Crippen LogP contribution in [-0.4, -0.2) is 239 Å². The number of ether oxygens (including phenoxy) is 3. The van der Waals surface area contributed by atoms with Crippen LogP contribution in [0.5, 0.6) is 0 Å². The number of likely N-dealkylation sites (N-methyl/N-ethyl adjacent to an activating group) is 2. The Kier molecular flexibility index (Phi) is 39.9. The average molecular weight is 1590 g/mol. The third kappa shape index (κ3) is 28.7. The Labute approximate surface area is 661 Å². The van der Waals surface area contributed by atoms with Crippen molar-refractivity contribution >= 4 is 123 Å². The normalized spacial score (nSPS) is 16.6. The monoisotopic (exact) mass is 1590 g/mol. The molecule has 3 aromatic rings. The van der Waals surface area contributed by atoms with Gasteiger partial charge in [-0.15, -0.1) is 11.3 Å². The number of rotatable bonds is 46. The zero-order chi connectivity index (χ0) is 80.6. The number of aromatic nitrogens is 1. The zero-order valence-electron chi connectivity index (χ0n) is 66.5. The molecule has 606 valence electrons. The maximum absolute atomic E-state index is 15.0. The molecular weight excluding hydrogens is 1470 g/mol. The number of urea groups is 1. The number of anilines is 1. The number of primary amides is 1. The van der Waals surface area contributed by atoms with E-state index in [0.717, 1.165) is 10.6 Å². The molecule has 0 bridgehead atoms. The second kappa shape index (κ2) is 47.1. The molecule has 2 aliphatic heterocycles. The second-order valence-corrected chi connectivity index (χ2v) is 33.4. The lowest BCUT2D eigenvalue weighted by Crippen LogP contribution is -2.59. The summed E-state index contributed by atoms with van der Waals surface area (Å²) in [7, 11) is 6.27. The van der Waals surface area contributed by atoms with Gasteiger partial charge >= 0.3 is 12.1 Å². The van der Waals surface area contributed by atoms with Gasteiger partial charge in [0.05, 0.1) is 80.5 Å². The van der Waals surface area contributed by atoms with E-state index >= 15 is 0 Å². The van der Waals surface area contributed by atoms with E-state index in [1.165, 1.54) is 80.4 Å². The third-order valence-electron chi connectivity index (χ3n) is 20.4. The number of ketones is 2. The van der Waals surface area contributed by atoms with Crippen LogP contribution in [0.25, 0.3) is 0 Å². The van der Waals surface area contributed by atoms with E-state index in [0.29, 0.717) is 61.4 Å². The van der Waals surface area contributed by atoms with E-state index in [2.05, 4.69) is 26.3 Å². The maximum Gasteiger partial charge on any atom is 0.410 e. The summed E-state index contributed by atoms with van der Waals surface area (Å²) in [6.45, 7) is 17.4. The van der Waals surface area contributed by atoms with Crippen LogP contribution < -0.4 is 27.0 Å². The van der Waals surface area contributed by atoms with Crippen LogP contribution in [-0.2, 0) is 75.2 Å². The molecule has 11 atom stereocenters. The quantitative estimate of drug-likeness (QED) is 0.0329. The Bertz CT molecular complexity index is 3400. The molecular formula is C78H120N12O15S4. The van der Waals surface area contributed by atoms with Gasteiger partial charge in [0, 0.05) is 120 Å². The smallest absolute Gasteiger partial charge is 0.410 e. The summed E-state index contributed by atoms with van der Waals surface area (Å²) in [5.41, 5.74) is 7.28. The number of methoxy groups -OCH3 is 2. The second-order valence-electron chi connectivity index (χ2n) is 29.4. The van der Waals surface area contributed by atoms with Crippen molar-refractivity contribution in [2.45, 2.75) is 188 Å². The number of carbonyl (C=O) groups is 12. The molecule has 3 heterocycles. The predicted octanol–water partition coefficient (Wildman–Crippen LogP) is 9.09. The van der Waals surface area contributed by atoms with Gasteiger partial charge in [-0.25, -0.2) is 14.6 Å². The fourth-order valence-electron chi connectivity index (χ4n) is 14.1. The summed E-state index contributed by atoms with van der Waals surface area (Å²) in [4.78, 5) is 179. The van der Waals surface area contributed by atoms with Gasteiger partial charge < -0.3 is 70.6 Å². The highest BCUT2D eigenvalue weighted by Gasteiger charge is 2.45. The summed E-state index contributed by atoms with van der Waals surface area (Å²) >= 11 is 5.73. The molecule has 2 fully saturated rings. The van der Waals surface area contributed by atoms with Crippen molar-refractivity contribution in [1.29, 1.82) is 0 Å². The molecule has 0 unspecified atom stereocenters. The summed E-state index contributed by atoms with van der Waals surface area (Å²) in [6.07, 6.45) is 6.43. The van der Waals surface area contributed by atoms with Gasteiger partial charge in [-0.05, 0) is 91.5 Å². The Morgan fingerprint density at radius 1 is 0.697 bits per heavy atom. The number of thiazole rings is 1. The van der Waals surface area contributed by atoms with Crippen LogP contribution in [0.4, 0.5) is 15.3 Å². The lowest BCUT2D eigenvalue weighted by atomic mass is 9.83. The molecule has 109 heavy (non-hydrogen) atoms. The fourth-order valence-corrected chi connectivity index (χ4v) is 16.3. The summed E-state index contributed by atoms with van der Waals surface area (Å²) < 4.78 is 18.0. The minimum absolute atomic E-state index is 0.0395. The number of amides is 11. The average Bonchev–Trinajstić information content (AvgIpc) is 1.75. The molecule has 2 saturated heterocycles. The van der Waals surface area contributed by atoms with Gasteiger partial charge in [-0.2, -0.15) is 35.3 Å². The van der Waals surface area contributed by atoms with Crippen molar-refractivity contribution in [3.8, 4) is 0 Å². The van der Waals surface area contributed by atoms with Gasteiger partial charge in [-0.3, -0.25) is 47.9 Å². The van der Waals surface area contributed by atoms with Crippen LogP contribution in [0.1, 0.15) is 155 Å². The van der Waals surface area contributed by atoms with Crippen LogP contribution >= 0.6 is 46.6 Å². The van der Waals surface area contributed by atoms with Crippen molar-refractivity contribution in [2.24, 2.45) is 47.2 Å². The molecule has 2 aromatic carbocycles. The number of hydrogen-bond acceptors (Lipinski definition) is 20. The molecule has 6 N–H and O–H groups in total. The summed E-state index contributed by atoms with van der Waals surface area (Å²) in [6, 6.07) is 12.4. The number of likely N-dealkylation sites (tertiary alicyclic amines) is 1. The highest BCUT2D eigenvalue weighted by atomic mass is 32.2. The van der Waals surface area contributed by atoms with E-state index in [-0.39, 0.29) is 160 Å². The molecule has 5 rings (SSSR count). The van der Waals surface area contributed by atoms with E-state index in [1.807, 2.05) is 96.7 Å². The van der Waals surface area contributed by atoms with Crippen molar-refractivity contribution < 1.29 is 71.7 Å². The van der Waals surface area contributed by atoms with Crippen LogP contribution in [0.2, 0.25) is 0 Å². The molecule has 27 nitrogen and oxygen atoms in total. The number of nitrogens with zero attached hydrogens (tertiary/aromatic N) is 7. The SMILES string of the molecule is CC[C@H](C)[C@@H]([C@@H](CC(=O)N1CCC[C@H]1[C@H](OC)[C@@H](C)C(=O)N[C@@H](Cc1ccccc1)c1nccs1)OC)N(C)C(=O)[C@@H](CC(=O)[C@H](C(C)C)N(C)C(=O)OCc1ccc(NC(=O)[C@H](CCCNC(N)=O)CC(=O)[C@@H](NC(=O)CSCCC(=O)N2CN(C(=O)CCSC)CN(C(=O)CCSC)C2)C(C)C)cc1)C(C)C. The topological polar surface area (TPSA) is 339 Å². The zero-order valence-corrected chi connectivity index (χ0v) is 69.7. The Morgan fingerprint density at radius 2 is 1.31 bits per heavy atom. The first-order valence-electron chi connectivity index (χ1n) is 37.8. The van der Waals surface area contributed by atoms with Crippen molar-refractivity contribution in [1.82, 2.24) is 50.3 Å². The first-order valence-corrected chi connectivity index (χ1v) is 42.6. The molecule has 0 radical (unpaired) electrons. The molecule has 31 heteroatoms. The van der Waals surface area contributed by atoms with Gasteiger partial charge in [0.15, 0.2) is 11.6 Å². The highest BCUT2D eigenvalue weighted by Crippen LogP contribution is 2.33. The molecule has 1 aromatic heterocycles. The fraction of sp³-hybridized carbons (Fsp3) is 0.654. The van der Waals surface area contributed by atoms with Crippen LogP contribution in [0.15, 0.2) is 66.2 Å². The summed E-state index contributed by atoms with van der Waals surface area (Å²) in [5.74, 6) is -5.14. The number of thioether (sulfide) groups is 3. The Hall–Kier alpha value is -7.32.